The van der Waals surface area contributed by atoms with Gasteiger partial charge in [0, 0.05) is 16.8 Å². The minimum atomic E-state index is -0.668. The third-order valence-corrected chi connectivity index (χ3v) is 3.34. The van der Waals surface area contributed by atoms with Gasteiger partial charge in [-0.05, 0) is 48.0 Å². The zero-order valence-corrected chi connectivity index (χ0v) is 14.1. The number of amides is 1. The molecule has 0 fully saturated rings. The first-order valence-electron chi connectivity index (χ1n) is 7.25. The van der Waals surface area contributed by atoms with Gasteiger partial charge < -0.3 is 19.9 Å². The maximum Gasteiger partial charge on any atom is 0.331 e. The summed E-state index contributed by atoms with van der Waals surface area (Å²) in [5.74, 6) is -0.840. The van der Waals surface area contributed by atoms with E-state index >= 15 is 0 Å². The van der Waals surface area contributed by atoms with Crippen molar-refractivity contribution in [3.8, 4) is 11.5 Å². The third-order valence-electron chi connectivity index (χ3n) is 3.09. The Hall–Kier alpha value is -2.99. The predicted molar refractivity (Wildman–Crippen MR) is 94.7 cm³/mol. The molecule has 0 aliphatic heterocycles. The van der Waals surface area contributed by atoms with Crippen molar-refractivity contribution in [2.24, 2.45) is 0 Å². The van der Waals surface area contributed by atoms with Crippen molar-refractivity contribution in [2.45, 2.75) is 0 Å². The number of benzene rings is 2. The summed E-state index contributed by atoms with van der Waals surface area (Å²) >= 11 is 5.75. The Morgan fingerprint density at radius 3 is 2.60 bits per heavy atom. The molecule has 6 nitrogen and oxygen atoms in total. The van der Waals surface area contributed by atoms with E-state index in [2.05, 4.69) is 5.32 Å². The molecule has 0 unspecified atom stereocenters. The average molecular weight is 362 g/mol. The Kier molecular flexibility index (Phi) is 6.42. The lowest BCUT2D eigenvalue weighted by Crippen LogP contribution is -2.20. The van der Waals surface area contributed by atoms with Crippen LogP contribution >= 0.6 is 11.6 Å². The van der Waals surface area contributed by atoms with E-state index in [4.69, 9.17) is 21.1 Å². The molecule has 0 radical (unpaired) electrons. The van der Waals surface area contributed by atoms with E-state index in [0.29, 0.717) is 16.3 Å². The van der Waals surface area contributed by atoms with Crippen LogP contribution in [0.3, 0.4) is 0 Å². The molecule has 2 rings (SSSR count). The maximum absolute atomic E-state index is 11.7. The standard InChI is InChI=1S/C18H16ClNO5/c1-24-16-10-12(2-8-15(16)21)3-9-18(23)25-11-17(22)20-14-6-4-13(19)5-7-14/h2-10,21H,11H2,1H3,(H,20,22)/b9-3+. The van der Waals surface area contributed by atoms with Crippen molar-refractivity contribution in [1.29, 1.82) is 0 Å². The van der Waals surface area contributed by atoms with Crippen LogP contribution in [0.5, 0.6) is 11.5 Å². The van der Waals surface area contributed by atoms with Crippen LogP contribution in [0.2, 0.25) is 5.02 Å². The van der Waals surface area contributed by atoms with E-state index in [1.807, 2.05) is 0 Å². The number of methoxy groups -OCH3 is 1. The van der Waals surface area contributed by atoms with Gasteiger partial charge in [0.05, 0.1) is 7.11 Å². The fourth-order valence-electron chi connectivity index (χ4n) is 1.88. The lowest BCUT2D eigenvalue weighted by atomic mass is 10.2. The number of hydrogen-bond donors (Lipinski definition) is 2. The largest absolute Gasteiger partial charge is 0.504 e. The lowest BCUT2D eigenvalue weighted by molar-refractivity contribution is -0.142. The van der Waals surface area contributed by atoms with Crippen molar-refractivity contribution < 1.29 is 24.2 Å². The molecule has 7 heteroatoms. The first-order chi connectivity index (χ1) is 12.0. The van der Waals surface area contributed by atoms with Crippen LogP contribution in [0.25, 0.3) is 6.08 Å². The fraction of sp³-hybridized carbons (Fsp3) is 0.111. The Morgan fingerprint density at radius 2 is 1.92 bits per heavy atom. The van der Waals surface area contributed by atoms with Gasteiger partial charge in [0.1, 0.15) is 0 Å². The molecule has 2 aromatic rings. The minimum Gasteiger partial charge on any atom is -0.504 e. The molecule has 0 spiro atoms. The monoisotopic (exact) mass is 361 g/mol. The van der Waals surface area contributed by atoms with Crippen molar-refractivity contribution in [3.05, 3.63) is 59.1 Å². The second-order valence-electron chi connectivity index (χ2n) is 4.93. The average Bonchev–Trinajstić information content (AvgIpc) is 2.61. The summed E-state index contributed by atoms with van der Waals surface area (Å²) in [6, 6.07) is 11.2. The lowest BCUT2D eigenvalue weighted by Gasteiger charge is -2.05. The molecule has 25 heavy (non-hydrogen) atoms. The molecule has 2 aromatic carbocycles. The van der Waals surface area contributed by atoms with Crippen LogP contribution in [0.1, 0.15) is 5.56 Å². The highest BCUT2D eigenvalue weighted by atomic mass is 35.5. The highest BCUT2D eigenvalue weighted by molar-refractivity contribution is 6.30. The molecule has 0 heterocycles. The fourth-order valence-corrected chi connectivity index (χ4v) is 2.00. The number of hydrogen-bond acceptors (Lipinski definition) is 5. The number of nitrogens with one attached hydrogen (secondary N) is 1. The van der Waals surface area contributed by atoms with E-state index < -0.39 is 18.5 Å². The molecular formula is C18H16ClNO5. The molecule has 0 bridgehead atoms. The molecule has 0 saturated heterocycles. The van der Waals surface area contributed by atoms with Crippen molar-refractivity contribution in [2.75, 3.05) is 19.0 Å². The van der Waals surface area contributed by atoms with Crippen LogP contribution in [-0.2, 0) is 14.3 Å². The van der Waals surface area contributed by atoms with Crippen LogP contribution < -0.4 is 10.1 Å². The van der Waals surface area contributed by atoms with Gasteiger partial charge in [-0.25, -0.2) is 4.79 Å². The number of esters is 1. The van der Waals surface area contributed by atoms with Crippen LogP contribution in [0.15, 0.2) is 48.5 Å². The number of phenolic OH excluding ortho intramolecular Hbond substituents is 1. The van der Waals surface area contributed by atoms with E-state index in [-0.39, 0.29) is 11.5 Å². The first kappa shape index (κ1) is 18.4. The molecule has 0 saturated carbocycles. The van der Waals surface area contributed by atoms with Crippen molar-refractivity contribution >= 4 is 35.2 Å². The summed E-state index contributed by atoms with van der Waals surface area (Å²) in [6.45, 7) is -0.412. The second-order valence-corrected chi connectivity index (χ2v) is 5.36. The summed E-state index contributed by atoms with van der Waals surface area (Å²) < 4.78 is 9.83. The van der Waals surface area contributed by atoms with E-state index in [9.17, 15) is 14.7 Å². The highest BCUT2D eigenvalue weighted by Gasteiger charge is 2.06. The quantitative estimate of drug-likeness (QED) is 0.609. The van der Waals surface area contributed by atoms with Gasteiger partial charge >= 0.3 is 5.97 Å². The number of aromatic hydroxyl groups is 1. The number of halogens is 1. The molecule has 0 atom stereocenters. The number of phenols is 1. The second kappa shape index (κ2) is 8.75. The SMILES string of the molecule is COc1cc(/C=C/C(=O)OCC(=O)Nc2ccc(Cl)cc2)ccc1O. The third kappa shape index (κ3) is 5.86. The Morgan fingerprint density at radius 1 is 1.20 bits per heavy atom. The molecule has 2 N–H and O–H groups in total. The van der Waals surface area contributed by atoms with E-state index in [1.165, 1.54) is 25.3 Å². The highest BCUT2D eigenvalue weighted by Crippen LogP contribution is 2.26. The van der Waals surface area contributed by atoms with Crippen LogP contribution in [0, 0.1) is 0 Å². The van der Waals surface area contributed by atoms with Gasteiger partial charge in [0.25, 0.3) is 5.91 Å². The van der Waals surface area contributed by atoms with Gasteiger partial charge in [0.15, 0.2) is 18.1 Å². The summed E-state index contributed by atoms with van der Waals surface area (Å²) in [6.07, 6.45) is 2.67. The van der Waals surface area contributed by atoms with E-state index in [1.54, 1.807) is 36.4 Å². The molecule has 1 amide bonds. The zero-order chi connectivity index (χ0) is 18.2. The molecule has 0 aliphatic rings. The summed E-state index contributed by atoms with van der Waals surface area (Å²) in [4.78, 5) is 23.4. The zero-order valence-electron chi connectivity index (χ0n) is 13.4. The number of ether oxygens (including phenoxy) is 2. The number of rotatable bonds is 6. The van der Waals surface area contributed by atoms with Gasteiger partial charge in [-0.2, -0.15) is 0 Å². The molecule has 0 aromatic heterocycles. The van der Waals surface area contributed by atoms with Gasteiger partial charge in [-0.1, -0.05) is 17.7 Å². The predicted octanol–water partition coefficient (Wildman–Crippen LogP) is 3.25. The molecule has 130 valence electrons. The molecule has 0 aliphatic carbocycles. The topological polar surface area (TPSA) is 84.9 Å². The maximum atomic E-state index is 11.7. The molecular weight excluding hydrogens is 346 g/mol. The van der Waals surface area contributed by atoms with Crippen LogP contribution in [-0.4, -0.2) is 30.7 Å². The smallest absolute Gasteiger partial charge is 0.331 e. The van der Waals surface area contributed by atoms with Gasteiger partial charge in [-0.3, -0.25) is 4.79 Å². The summed E-state index contributed by atoms with van der Waals surface area (Å²) in [5, 5.41) is 12.6. The van der Waals surface area contributed by atoms with Crippen molar-refractivity contribution in [1.82, 2.24) is 0 Å². The van der Waals surface area contributed by atoms with Crippen molar-refractivity contribution in [3.63, 3.8) is 0 Å². The Bertz CT molecular complexity index is 787. The number of carbonyl (C=O) groups is 2. The Balaban J connectivity index is 1.83. The van der Waals surface area contributed by atoms with Gasteiger partial charge in [0.2, 0.25) is 0 Å². The first-order valence-corrected chi connectivity index (χ1v) is 7.63. The number of anilines is 1. The minimum absolute atomic E-state index is 0.00102. The van der Waals surface area contributed by atoms with E-state index in [0.717, 1.165) is 0 Å². The summed E-state index contributed by atoms with van der Waals surface area (Å²) in [7, 11) is 1.43. The normalized spacial score (nSPS) is 10.5. The Labute approximate surface area is 149 Å². The van der Waals surface area contributed by atoms with Gasteiger partial charge in [-0.15, -0.1) is 0 Å². The number of carbonyl (C=O) groups excluding carboxylic acids is 2. The van der Waals surface area contributed by atoms with Crippen LogP contribution in [0.4, 0.5) is 5.69 Å². The summed E-state index contributed by atoms with van der Waals surface area (Å²) in [5.41, 5.74) is 1.19.